The van der Waals surface area contributed by atoms with Gasteiger partial charge in [-0.2, -0.15) is 5.26 Å². The van der Waals surface area contributed by atoms with E-state index in [1.165, 1.54) is 0 Å². The number of para-hydroxylation sites is 1. The Bertz CT molecular complexity index is 820. The minimum Gasteiger partial charge on any atom is -0.366 e. The minimum absolute atomic E-state index is 0.0679. The van der Waals surface area contributed by atoms with Gasteiger partial charge >= 0.3 is 0 Å². The van der Waals surface area contributed by atoms with Gasteiger partial charge in [0.2, 0.25) is 0 Å². The van der Waals surface area contributed by atoms with E-state index in [2.05, 4.69) is 28.4 Å². The molecule has 6 heteroatoms. The van der Waals surface area contributed by atoms with E-state index < -0.39 is 5.79 Å². The molecule has 0 aliphatic carbocycles. The lowest BCUT2D eigenvalue weighted by Crippen LogP contribution is -2.36. The van der Waals surface area contributed by atoms with E-state index >= 15 is 0 Å². The van der Waals surface area contributed by atoms with Crippen LogP contribution in [0.5, 0.6) is 0 Å². The van der Waals surface area contributed by atoms with E-state index in [9.17, 15) is 5.26 Å². The molecule has 0 bridgehead atoms. The summed E-state index contributed by atoms with van der Waals surface area (Å²) in [6, 6.07) is 17.8. The summed E-state index contributed by atoms with van der Waals surface area (Å²) in [5, 5.41) is 13.5. The minimum atomic E-state index is -0.497. The summed E-state index contributed by atoms with van der Waals surface area (Å²) in [4.78, 5) is 2.25. The van der Waals surface area contributed by atoms with Crippen molar-refractivity contribution in [2.24, 2.45) is 0 Å². The van der Waals surface area contributed by atoms with Crippen LogP contribution in [0.1, 0.15) is 25.0 Å². The third kappa shape index (κ3) is 5.70. The molecule has 5 nitrogen and oxygen atoms in total. The Hall–Kier alpha value is -2.10. The molecule has 148 valence electrons. The van der Waals surface area contributed by atoms with Crippen molar-refractivity contribution in [1.29, 1.82) is 5.26 Å². The first-order valence-electron chi connectivity index (χ1n) is 9.48. The van der Waals surface area contributed by atoms with Crippen LogP contribution in [-0.4, -0.2) is 38.1 Å². The number of halogens is 1. The third-order valence-corrected chi connectivity index (χ3v) is 4.90. The molecule has 1 aliphatic rings. The van der Waals surface area contributed by atoms with Crippen molar-refractivity contribution in [2.75, 3.05) is 31.1 Å². The molecule has 0 radical (unpaired) electrons. The van der Waals surface area contributed by atoms with E-state index in [0.717, 1.165) is 30.9 Å². The van der Waals surface area contributed by atoms with Gasteiger partial charge in [-0.15, -0.1) is 0 Å². The zero-order valence-corrected chi connectivity index (χ0v) is 17.1. The van der Waals surface area contributed by atoms with E-state index in [1.54, 1.807) is 12.1 Å². The van der Waals surface area contributed by atoms with Gasteiger partial charge in [0.05, 0.1) is 24.3 Å². The highest BCUT2D eigenvalue weighted by Gasteiger charge is 2.32. The average molecular weight is 400 g/mol. The molecule has 28 heavy (non-hydrogen) atoms. The molecule has 1 atom stereocenters. The topological polar surface area (TPSA) is 57.5 Å². The van der Waals surface area contributed by atoms with Gasteiger partial charge in [-0.3, -0.25) is 0 Å². The molecular weight excluding hydrogens is 374 g/mol. The number of benzene rings is 2. The van der Waals surface area contributed by atoms with Gasteiger partial charge in [-0.25, -0.2) is 0 Å². The second-order valence-corrected chi connectivity index (χ2v) is 7.76. The first kappa shape index (κ1) is 20.6. The summed E-state index contributed by atoms with van der Waals surface area (Å²) in [6.07, 6.45) is 0.0679. The monoisotopic (exact) mass is 399 g/mol. The van der Waals surface area contributed by atoms with E-state index in [4.69, 9.17) is 21.1 Å². The van der Waals surface area contributed by atoms with Gasteiger partial charge in [0, 0.05) is 36.9 Å². The Morgan fingerprint density at radius 3 is 2.71 bits per heavy atom. The van der Waals surface area contributed by atoms with Gasteiger partial charge in [0.15, 0.2) is 5.79 Å². The zero-order valence-electron chi connectivity index (χ0n) is 16.3. The third-order valence-electron chi connectivity index (χ3n) is 4.67. The maximum atomic E-state index is 9.42. The van der Waals surface area contributed by atoms with Gasteiger partial charge in [-0.1, -0.05) is 29.8 Å². The highest BCUT2D eigenvalue weighted by Crippen LogP contribution is 2.22. The highest BCUT2D eigenvalue weighted by molar-refractivity contribution is 6.30. The van der Waals surface area contributed by atoms with Crippen molar-refractivity contribution in [3.63, 3.8) is 0 Å². The van der Waals surface area contributed by atoms with Crippen LogP contribution in [0.4, 0.5) is 5.69 Å². The predicted molar refractivity (Wildman–Crippen MR) is 111 cm³/mol. The molecule has 1 heterocycles. The van der Waals surface area contributed by atoms with Gasteiger partial charge in [0.1, 0.15) is 0 Å². The smallest absolute Gasteiger partial charge is 0.163 e. The Morgan fingerprint density at radius 2 is 2.04 bits per heavy atom. The van der Waals surface area contributed by atoms with Gasteiger partial charge in [0.25, 0.3) is 0 Å². The van der Waals surface area contributed by atoms with E-state index in [1.807, 2.05) is 38.1 Å². The molecule has 2 aromatic carbocycles. The molecule has 3 rings (SSSR count). The van der Waals surface area contributed by atoms with Crippen LogP contribution in [0.25, 0.3) is 0 Å². The maximum Gasteiger partial charge on any atom is 0.163 e. The number of hydrogen-bond donors (Lipinski definition) is 1. The van der Waals surface area contributed by atoms with E-state index in [-0.39, 0.29) is 6.10 Å². The van der Waals surface area contributed by atoms with Crippen molar-refractivity contribution < 1.29 is 9.47 Å². The second-order valence-electron chi connectivity index (χ2n) is 7.33. The number of nitrogens with one attached hydrogen (secondary N) is 1. The first-order chi connectivity index (χ1) is 13.5. The molecular formula is C22H26ClN3O2. The van der Waals surface area contributed by atoms with Crippen LogP contribution < -0.4 is 10.2 Å². The molecule has 0 saturated carbocycles. The van der Waals surface area contributed by atoms with Crippen LogP contribution in [0.2, 0.25) is 5.02 Å². The summed E-state index contributed by atoms with van der Waals surface area (Å²) in [5.74, 6) is -0.497. The van der Waals surface area contributed by atoms with Crippen molar-refractivity contribution in [3.8, 4) is 6.07 Å². The fourth-order valence-corrected chi connectivity index (χ4v) is 3.48. The molecule has 1 aliphatic heterocycles. The molecule has 1 saturated heterocycles. The van der Waals surface area contributed by atoms with Crippen molar-refractivity contribution in [1.82, 2.24) is 5.32 Å². The number of nitrogens with zero attached hydrogens (tertiary/aromatic N) is 2. The maximum absolute atomic E-state index is 9.42. The molecule has 0 unspecified atom stereocenters. The van der Waals surface area contributed by atoms with Crippen LogP contribution in [0.15, 0.2) is 48.5 Å². The molecule has 0 aromatic heterocycles. The molecule has 0 amide bonds. The molecule has 1 N–H and O–H groups in total. The van der Waals surface area contributed by atoms with Crippen LogP contribution >= 0.6 is 11.6 Å². The van der Waals surface area contributed by atoms with E-state index in [0.29, 0.717) is 23.7 Å². The molecule has 2 aromatic rings. The highest BCUT2D eigenvalue weighted by atomic mass is 35.5. The Balaban J connectivity index is 1.62. The second kappa shape index (κ2) is 9.40. The zero-order chi connectivity index (χ0) is 20.0. The summed E-state index contributed by atoms with van der Waals surface area (Å²) in [7, 11) is 0. The number of rotatable bonds is 8. The van der Waals surface area contributed by atoms with Crippen LogP contribution in [0, 0.1) is 11.3 Å². The van der Waals surface area contributed by atoms with Crippen molar-refractivity contribution >= 4 is 17.3 Å². The number of hydrogen-bond acceptors (Lipinski definition) is 5. The lowest BCUT2D eigenvalue weighted by molar-refractivity contribution is -0.137. The van der Waals surface area contributed by atoms with Crippen molar-refractivity contribution in [3.05, 3.63) is 64.7 Å². The Morgan fingerprint density at radius 1 is 1.25 bits per heavy atom. The lowest BCUT2D eigenvalue weighted by atomic mass is 10.1. The summed E-state index contributed by atoms with van der Waals surface area (Å²) in [5.41, 5.74) is 2.68. The molecule has 1 fully saturated rings. The predicted octanol–water partition coefficient (Wildman–Crippen LogP) is 3.96. The number of ether oxygens (including phenoxy) is 2. The summed E-state index contributed by atoms with van der Waals surface area (Å²) >= 11 is 6.16. The molecule has 0 spiro atoms. The Labute approximate surface area is 171 Å². The largest absolute Gasteiger partial charge is 0.366 e. The average Bonchev–Trinajstić information content (AvgIpc) is 3.04. The summed E-state index contributed by atoms with van der Waals surface area (Å²) < 4.78 is 11.4. The van der Waals surface area contributed by atoms with Gasteiger partial charge in [-0.05, 0) is 49.7 Å². The Kier molecular flexibility index (Phi) is 6.93. The van der Waals surface area contributed by atoms with Crippen LogP contribution in [0.3, 0.4) is 0 Å². The normalized spacial score (nSPS) is 18.0. The SMILES string of the molecule is CC1(C)OC[C@H](CNCCN(Cc2cc(Cl)ccc2C#N)c2ccccc2)O1. The standard InChI is InChI=1S/C22H26ClN3O2/c1-22(2)27-16-21(28-22)14-25-10-11-26(20-6-4-3-5-7-20)15-18-12-19(23)9-8-17(18)13-24/h3-9,12,21,25H,10-11,14-16H2,1-2H3/t21-/m0/s1. The van der Waals surface area contributed by atoms with Crippen molar-refractivity contribution in [2.45, 2.75) is 32.3 Å². The first-order valence-corrected chi connectivity index (χ1v) is 9.86. The fourth-order valence-electron chi connectivity index (χ4n) is 3.29. The van der Waals surface area contributed by atoms with Crippen LogP contribution in [-0.2, 0) is 16.0 Å². The quantitative estimate of drug-likeness (QED) is 0.681. The summed E-state index contributed by atoms with van der Waals surface area (Å²) in [6.45, 7) is 7.41. The number of anilines is 1. The van der Waals surface area contributed by atoms with Gasteiger partial charge < -0.3 is 19.7 Å². The fraction of sp³-hybridized carbons (Fsp3) is 0.409. The number of nitriles is 1. The lowest BCUT2D eigenvalue weighted by Gasteiger charge is -2.26.